The lowest BCUT2D eigenvalue weighted by molar-refractivity contribution is 0.279. The van der Waals surface area contributed by atoms with Gasteiger partial charge in [0.1, 0.15) is 0 Å². The van der Waals surface area contributed by atoms with Gasteiger partial charge < -0.3 is 5.11 Å². The van der Waals surface area contributed by atoms with Crippen molar-refractivity contribution >= 4 is 0 Å². The molecule has 2 aromatic rings. The first kappa shape index (κ1) is 14.8. The average molecular weight is 272 g/mol. The van der Waals surface area contributed by atoms with Crippen LogP contribution >= 0.6 is 0 Å². The fourth-order valence-electron chi connectivity index (χ4n) is 2.83. The number of hydrogen-bond donors (Lipinski definition) is 1. The maximum absolute atomic E-state index is 9.60. The van der Waals surface area contributed by atoms with E-state index in [4.69, 9.17) is 5.10 Å². The summed E-state index contributed by atoms with van der Waals surface area (Å²) < 4.78 is 2.07. The van der Waals surface area contributed by atoms with E-state index in [9.17, 15) is 5.11 Å². The smallest absolute Gasteiger partial charge is 0.0718 e. The summed E-state index contributed by atoms with van der Waals surface area (Å²) in [5.41, 5.74) is 7.12. The van der Waals surface area contributed by atoms with Gasteiger partial charge in [-0.3, -0.25) is 4.68 Å². The summed E-state index contributed by atoms with van der Waals surface area (Å²) in [6, 6.07) is 6.38. The average Bonchev–Trinajstić information content (AvgIpc) is 2.79. The molecule has 108 valence electrons. The summed E-state index contributed by atoms with van der Waals surface area (Å²) in [6.45, 7) is 9.37. The van der Waals surface area contributed by atoms with Crippen LogP contribution in [0, 0.1) is 13.8 Å². The van der Waals surface area contributed by atoms with Gasteiger partial charge in [-0.05, 0) is 43.4 Å². The zero-order valence-electron chi connectivity index (χ0n) is 12.9. The number of hydrogen-bond acceptors (Lipinski definition) is 2. The normalized spacial score (nSPS) is 11.1. The Kier molecular flexibility index (Phi) is 4.61. The Hall–Kier alpha value is -1.61. The molecule has 0 atom stereocenters. The van der Waals surface area contributed by atoms with Gasteiger partial charge in [0.15, 0.2) is 0 Å². The molecule has 1 heterocycles. The quantitative estimate of drug-likeness (QED) is 0.908. The molecule has 0 radical (unpaired) electrons. The fraction of sp³-hybridized carbons (Fsp3) is 0.471. The van der Waals surface area contributed by atoms with E-state index in [-0.39, 0.29) is 6.61 Å². The van der Waals surface area contributed by atoms with Gasteiger partial charge in [0, 0.05) is 11.3 Å². The molecule has 0 saturated carbocycles. The SMILES string of the molecule is CCc1nn(Cc2c(C)cccc2C)c(CC)c1CO. The molecule has 0 fully saturated rings. The third kappa shape index (κ3) is 2.63. The molecular weight excluding hydrogens is 248 g/mol. The summed E-state index contributed by atoms with van der Waals surface area (Å²) in [6.07, 6.45) is 1.76. The van der Waals surface area contributed by atoms with Gasteiger partial charge in [0.05, 0.1) is 18.8 Å². The van der Waals surface area contributed by atoms with Crippen LogP contribution in [0.2, 0.25) is 0 Å². The van der Waals surface area contributed by atoms with E-state index < -0.39 is 0 Å². The van der Waals surface area contributed by atoms with Crippen LogP contribution in [0.4, 0.5) is 0 Å². The molecule has 1 N–H and O–H groups in total. The van der Waals surface area contributed by atoms with Crippen molar-refractivity contribution in [2.45, 2.75) is 53.7 Å². The van der Waals surface area contributed by atoms with Gasteiger partial charge in [-0.1, -0.05) is 32.0 Å². The molecule has 0 amide bonds. The molecule has 0 spiro atoms. The number of aryl methyl sites for hydroxylation is 3. The molecule has 0 aliphatic heterocycles. The summed E-state index contributed by atoms with van der Waals surface area (Å²) in [5.74, 6) is 0. The van der Waals surface area contributed by atoms with Crippen LogP contribution in [0.25, 0.3) is 0 Å². The van der Waals surface area contributed by atoms with E-state index >= 15 is 0 Å². The zero-order valence-corrected chi connectivity index (χ0v) is 12.9. The Labute approximate surface area is 121 Å². The molecule has 0 aliphatic carbocycles. The first-order valence-corrected chi connectivity index (χ1v) is 7.35. The van der Waals surface area contributed by atoms with Crippen LogP contribution in [0.5, 0.6) is 0 Å². The Morgan fingerprint density at radius 3 is 2.20 bits per heavy atom. The summed E-state index contributed by atoms with van der Waals surface area (Å²) in [4.78, 5) is 0. The molecule has 0 saturated heterocycles. The lowest BCUT2D eigenvalue weighted by atomic mass is 10.0. The van der Waals surface area contributed by atoms with Crippen LogP contribution in [-0.4, -0.2) is 14.9 Å². The number of aromatic nitrogens is 2. The molecule has 0 unspecified atom stereocenters. The zero-order chi connectivity index (χ0) is 14.7. The predicted molar refractivity (Wildman–Crippen MR) is 81.9 cm³/mol. The second kappa shape index (κ2) is 6.23. The molecule has 0 bridgehead atoms. The van der Waals surface area contributed by atoms with Gasteiger partial charge >= 0.3 is 0 Å². The van der Waals surface area contributed by atoms with Crippen molar-refractivity contribution in [3.05, 3.63) is 51.8 Å². The molecule has 0 aliphatic rings. The van der Waals surface area contributed by atoms with Gasteiger partial charge in [-0.2, -0.15) is 5.10 Å². The fourth-order valence-corrected chi connectivity index (χ4v) is 2.83. The van der Waals surface area contributed by atoms with Crippen molar-refractivity contribution in [3.8, 4) is 0 Å². The number of aliphatic hydroxyl groups excluding tert-OH is 1. The highest BCUT2D eigenvalue weighted by atomic mass is 16.3. The lowest BCUT2D eigenvalue weighted by Crippen LogP contribution is -2.09. The monoisotopic (exact) mass is 272 g/mol. The first-order valence-electron chi connectivity index (χ1n) is 7.35. The van der Waals surface area contributed by atoms with Crippen molar-refractivity contribution in [1.82, 2.24) is 9.78 Å². The van der Waals surface area contributed by atoms with E-state index in [2.05, 4.69) is 50.6 Å². The molecule has 2 rings (SSSR count). The molecule has 3 nitrogen and oxygen atoms in total. The van der Waals surface area contributed by atoms with Crippen molar-refractivity contribution < 1.29 is 5.11 Å². The molecule has 20 heavy (non-hydrogen) atoms. The summed E-state index contributed by atoms with van der Waals surface area (Å²) in [7, 11) is 0. The highest BCUT2D eigenvalue weighted by Crippen LogP contribution is 2.20. The van der Waals surface area contributed by atoms with E-state index in [1.54, 1.807) is 0 Å². The number of nitrogens with zero attached hydrogens (tertiary/aromatic N) is 2. The standard InChI is InChI=1S/C17H24N2O/c1-5-16-15(11-20)17(6-2)19(18-16)10-14-12(3)8-7-9-13(14)4/h7-9,20H,5-6,10-11H2,1-4H3. The van der Waals surface area contributed by atoms with Gasteiger partial charge in [-0.25, -0.2) is 0 Å². The topological polar surface area (TPSA) is 38.0 Å². The van der Waals surface area contributed by atoms with Crippen LogP contribution in [0.3, 0.4) is 0 Å². The number of rotatable bonds is 5. The maximum Gasteiger partial charge on any atom is 0.0718 e. The highest BCUT2D eigenvalue weighted by molar-refractivity contribution is 5.35. The maximum atomic E-state index is 9.60. The third-order valence-corrected chi connectivity index (χ3v) is 4.03. The minimum absolute atomic E-state index is 0.0824. The number of benzene rings is 1. The minimum Gasteiger partial charge on any atom is -0.392 e. The van der Waals surface area contributed by atoms with E-state index in [1.807, 2.05) is 0 Å². The molecule has 1 aromatic carbocycles. The molecule has 1 aromatic heterocycles. The first-order chi connectivity index (χ1) is 9.62. The number of aliphatic hydroxyl groups is 1. The third-order valence-electron chi connectivity index (χ3n) is 4.03. The van der Waals surface area contributed by atoms with Gasteiger partial charge in [0.25, 0.3) is 0 Å². The Balaban J connectivity index is 2.46. The van der Waals surface area contributed by atoms with E-state index in [1.165, 1.54) is 16.7 Å². The van der Waals surface area contributed by atoms with Crippen LogP contribution < -0.4 is 0 Å². The van der Waals surface area contributed by atoms with E-state index in [0.29, 0.717) is 0 Å². The Morgan fingerprint density at radius 1 is 1.05 bits per heavy atom. The van der Waals surface area contributed by atoms with Crippen LogP contribution in [-0.2, 0) is 26.0 Å². The second-order valence-corrected chi connectivity index (χ2v) is 5.27. The Morgan fingerprint density at radius 2 is 1.70 bits per heavy atom. The van der Waals surface area contributed by atoms with Crippen molar-refractivity contribution in [3.63, 3.8) is 0 Å². The largest absolute Gasteiger partial charge is 0.392 e. The van der Waals surface area contributed by atoms with Gasteiger partial charge in [0.2, 0.25) is 0 Å². The van der Waals surface area contributed by atoms with Crippen LogP contribution in [0.1, 0.15) is 47.5 Å². The Bertz CT molecular complexity index is 579. The molecular formula is C17H24N2O. The highest BCUT2D eigenvalue weighted by Gasteiger charge is 2.15. The van der Waals surface area contributed by atoms with Crippen LogP contribution in [0.15, 0.2) is 18.2 Å². The minimum atomic E-state index is 0.0824. The second-order valence-electron chi connectivity index (χ2n) is 5.27. The van der Waals surface area contributed by atoms with E-state index in [0.717, 1.165) is 36.3 Å². The van der Waals surface area contributed by atoms with Crippen molar-refractivity contribution in [2.75, 3.05) is 0 Å². The van der Waals surface area contributed by atoms with Crippen molar-refractivity contribution in [1.29, 1.82) is 0 Å². The lowest BCUT2D eigenvalue weighted by Gasteiger charge is -2.12. The summed E-state index contributed by atoms with van der Waals surface area (Å²) >= 11 is 0. The van der Waals surface area contributed by atoms with Gasteiger partial charge in [-0.15, -0.1) is 0 Å². The predicted octanol–water partition coefficient (Wildman–Crippen LogP) is 3.17. The van der Waals surface area contributed by atoms with Crippen molar-refractivity contribution in [2.24, 2.45) is 0 Å². The molecule has 3 heteroatoms. The summed E-state index contributed by atoms with van der Waals surface area (Å²) in [5, 5.41) is 14.3.